The Morgan fingerprint density at radius 1 is 1.04 bits per heavy atom. The maximum Gasteiger partial charge on any atom is 0.262 e. The van der Waals surface area contributed by atoms with Crippen LogP contribution in [-0.4, -0.2) is 48.9 Å². The molecule has 0 bridgehead atoms. The van der Waals surface area contributed by atoms with Gasteiger partial charge >= 0.3 is 0 Å². The molecule has 0 aromatic heterocycles. The quantitative estimate of drug-likeness (QED) is 0.785. The van der Waals surface area contributed by atoms with Gasteiger partial charge in [-0.2, -0.15) is 0 Å². The van der Waals surface area contributed by atoms with Gasteiger partial charge in [0.2, 0.25) is 0 Å². The molecule has 0 unspecified atom stereocenters. The zero-order valence-electron chi connectivity index (χ0n) is 15.1. The molecule has 9 heteroatoms. The predicted octanol–water partition coefficient (Wildman–Crippen LogP) is 2.99. The average Bonchev–Trinajstić information content (AvgIpc) is 2.68. The van der Waals surface area contributed by atoms with Gasteiger partial charge in [0.25, 0.3) is 10.0 Å². The Morgan fingerprint density at radius 2 is 1.74 bits per heavy atom. The van der Waals surface area contributed by atoms with Crippen molar-refractivity contribution in [2.24, 2.45) is 0 Å². The van der Waals surface area contributed by atoms with Crippen molar-refractivity contribution < 1.29 is 22.6 Å². The van der Waals surface area contributed by atoms with Gasteiger partial charge in [-0.05, 0) is 30.3 Å². The molecule has 0 spiro atoms. The summed E-state index contributed by atoms with van der Waals surface area (Å²) >= 11 is 6.10. The maximum absolute atomic E-state index is 12.9. The fourth-order valence-corrected chi connectivity index (χ4v) is 4.11. The number of benzene rings is 2. The van der Waals surface area contributed by atoms with Crippen LogP contribution in [0.15, 0.2) is 41.3 Å². The number of sulfonamides is 1. The Kier molecular flexibility index (Phi) is 5.98. The van der Waals surface area contributed by atoms with Crippen molar-refractivity contribution in [2.75, 3.05) is 50.1 Å². The summed E-state index contributed by atoms with van der Waals surface area (Å²) in [5, 5.41) is 0.442. The highest BCUT2D eigenvalue weighted by Gasteiger charge is 2.21. The summed E-state index contributed by atoms with van der Waals surface area (Å²) in [7, 11) is -0.906. The Balaban J connectivity index is 1.95. The number of nitrogens with one attached hydrogen (secondary N) is 1. The van der Waals surface area contributed by atoms with E-state index in [1.54, 1.807) is 24.3 Å². The van der Waals surface area contributed by atoms with Gasteiger partial charge in [-0.1, -0.05) is 11.6 Å². The summed E-state index contributed by atoms with van der Waals surface area (Å²) in [4.78, 5) is 2.12. The van der Waals surface area contributed by atoms with Gasteiger partial charge in [0.15, 0.2) is 11.5 Å². The Labute approximate surface area is 163 Å². The molecule has 0 amide bonds. The first-order valence-corrected chi connectivity index (χ1v) is 10.2. The molecular formula is C18H21ClN2O5S. The molecule has 1 N–H and O–H groups in total. The van der Waals surface area contributed by atoms with E-state index >= 15 is 0 Å². The Bertz CT molecular complexity index is 914. The zero-order chi connectivity index (χ0) is 19.4. The van der Waals surface area contributed by atoms with Crippen LogP contribution in [0.25, 0.3) is 0 Å². The lowest BCUT2D eigenvalue weighted by molar-refractivity contribution is 0.123. The number of nitrogens with zero attached hydrogens (tertiary/aromatic N) is 1. The minimum atomic E-state index is -3.85. The van der Waals surface area contributed by atoms with Crippen LogP contribution >= 0.6 is 11.6 Å². The molecular weight excluding hydrogens is 392 g/mol. The summed E-state index contributed by atoms with van der Waals surface area (Å²) in [6.45, 7) is 2.52. The monoisotopic (exact) mass is 412 g/mol. The predicted molar refractivity (Wildman–Crippen MR) is 105 cm³/mol. The number of rotatable bonds is 6. The topological polar surface area (TPSA) is 77.1 Å². The van der Waals surface area contributed by atoms with Crippen LogP contribution in [0.4, 0.5) is 11.4 Å². The minimum absolute atomic E-state index is 0.0630. The molecule has 27 heavy (non-hydrogen) atoms. The molecule has 1 aliphatic rings. The molecule has 0 radical (unpaired) electrons. The van der Waals surface area contributed by atoms with Crippen molar-refractivity contribution in [3.63, 3.8) is 0 Å². The van der Waals surface area contributed by atoms with Gasteiger partial charge in [-0.25, -0.2) is 8.42 Å². The molecule has 1 saturated heterocycles. The van der Waals surface area contributed by atoms with Crippen LogP contribution in [0.2, 0.25) is 5.02 Å². The third kappa shape index (κ3) is 4.40. The van der Waals surface area contributed by atoms with Crippen molar-refractivity contribution in [3.8, 4) is 11.5 Å². The summed E-state index contributed by atoms with van der Waals surface area (Å²) in [5.74, 6) is 0.785. The van der Waals surface area contributed by atoms with Crippen molar-refractivity contribution in [3.05, 3.63) is 41.4 Å². The van der Waals surface area contributed by atoms with Crippen LogP contribution in [0.3, 0.4) is 0 Å². The molecule has 0 atom stereocenters. The van der Waals surface area contributed by atoms with Crippen molar-refractivity contribution in [1.29, 1.82) is 0 Å². The number of ether oxygens (including phenoxy) is 3. The Morgan fingerprint density at radius 3 is 2.41 bits per heavy atom. The highest BCUT2D eigenvalue weighted by atomic mass is 35.5. The first-order chi connectivity index (χ1) is 12.9. The fourth-order valence-electron chi connectivity index (χ4n) is 2.86. The van der Waals surface area contributed by atoms with E-state index in [4.69, 9.17) is 25.8 Å². The standard InChI is InChI=1S/C18H21ClN2O5S/c1-24-17-6-4-14(12-18(17)25-2)27(22,23)20-15-11-13(19)3-5-16(15)21-7-9-26-10-8-21/h3-6,11-12,20H,7-10H2,1-2H3. The third-order valence-corrected chi connectivity index (χ3v) is 5.82. The first kappa shape index (κ1) is 19.6. The zero-order valence-corrected chi connectivity index (χ0v) is 16.6. The molecule has 1 aliphatic heterocycles. The highest BCUT2D eigenvalue weighted by Crippen LogP contribution is 2.34. The summed E-state index contributed by atoms with van der Waals surface area (Å²) in [5.41, 5.74) is 1.17. The first-order valence-electron chi connectivity index (χ1n) is 8.31. The lowest BCUT2D eigenvalue weighted by Crippen LogP contribution is -2.36. The second-order valence-electron chi connectivity index (χ2n) is 5.88. The van der Waals surface area contributed by atoms with E-state index in [0.717, 1.165) is 5.69 Å². The average molecular weight is 413 g/mol. The van der Waals surface area contributed by atoms with E-state index in [1.165, 1.54) is 26.4 Å². The molecule has 0 saturated carbocycles. The van der Waals surface area contributed by atoms with Gasteiger partial charge < -0.3 is 19.1 Å². The van der Waals surface area contributed by atoms with E-state index in [9.17, 15) is 8.42 Å². The summed E-state index contributed by atoms with van der Waals surface area (Å²) in [6.07, 6.45) is 0. The van der Waals surface area contributed by atoms with Gasteiger partial charge in [-0.3, -0.25) is 4.72 Å². The van der Waals surface area contributed by atoms with Crippen LogP contribution in [0.1, 0.15) is 0 Å². The van der Waals surface area contributed by atoms with E-state index in [2.05, 4.69) is 9.62 Å². The fraction of sp³-hybridized carbons (Fsp3) is 0.333. The second kappa shape index (κ2) is 8.24. The third-order valence-electron chi connectivity index (χ3n) is 4.22. The number of anilines is 2. The normalized spacial score (nSPS) is 14.7. The van der Waals surface area contributed by atoms with E-state index in [-0.39, 0.29) is 4.90 Å². The molecule has 0 aliphatic carbocycles. The van der Waals surface area contributed by atoms with Crippen LogP contribution in [0, 0.1) is 0 Å². The molecule has 2 aromatic rings. The Hall–Kier alpha value is -2.16. The SMILES string of the molecule is COc1ccc(S(=O)(=O)Nc2cc(Cl)ccc2N2CCOCC2)cc1OC. The van der Waals surface area contributed by atoms with Gasteiger partial charge in [0.05, 0.1) is 43.7 Å². The number of methoxy groups -OCH3 is 2. The largest absolute Gasteiger partial charge is 0.493 e. The number of hydrogen-bond donors (Lipinski definition) is 1. The van der Waals surface area contributed by atoms with Crippen molar-refractivity contribution in [2.45, 2.75) is 4.90 Å². The van der Waals surface area contributed by atoms with Crippen LogP contribution in [0.5, 0.6) is 11.5 Å². The van der Waals surface area contributed by atoms with Crippen molar-refractivity contribution in [1.82, 2.24) is 0 Å². The van der Waals surface area contributed by atoms with Crippen LogP contribution < -0.4 is 19.1 Å². The van der Waals surface area contributed by atoms with Gasteiger partial charge in [-0.15, -0.1) is 0 Å². The maximum atomic E-state index is 12.9. The molecule has 1 fully saturated rings. The summed E-state index contributed by atoms with van der Waals surface area (Å²) < 4.78 is 44.2. The van der Waals surface area contributed by atoms with Crippen molar-refractivity contribution >= 4 is 33.0 Å². The highest BCUT2D eigenvalue weighted by molar-refractivity contribution is 7.92. The minimum Gasteiger partial charge on any atom is -0.493 e. The molecule has 3 rings (SSSR count). The lowest BCUT2D eigenvalue weighted by Gasteiger charge is -2.30. The molecule has 7 nitrogen and oxygen atoms in total. The molecule has 2 aromatic carbocycles. The lowest BCUT2D eigenvalue weighted by atomic mass is 10.2. The number of hydrogen-bond acceptors (Lipinski definition) is 6. The van der Waals surface area contributed by atoms with E-state index in [0.29, 0.717) is 48.5 Å². The van der Waals surface area contributed by atoms with Gasteiger partial charge in [0.1, 0.15) is 0 Å². The summed E-state index contributed by atoms with van der Waals surface area (Å²) in [6, 6.07) is 9.57. The van der Waals surface area contributed by atoms with Gasteiger partial charge in [0, 0.05) is 24.2 Å². The molecule has 146 valence electrons. The smallest absolute Gasteiger partial charge is 0.262 e. The van der Waals surface area contributed by atoms with Crippen LogP contribution in [-0.2, 0) is 14.8 Å². The number of morpholine rings is 1. The van der Waals surface area contributed by atoms with E-state index in [1.807, 2.05) is 0 Å². The second-order valence-corrected chi connectivity index (χ2v) is 8.00. The van der Waals surface area contributed by atoms with E-state index < -0.39 is 10.0 Å². The number of halogens is 1. The molecule has 1 heterocycles.